The Balaban J connectivity index is 1.66. The zero-order chi connectivity index (χ0) is 22.5. The molecule has 1 heterocycles. The molecule has 6 heteroatoms. The Labute approximate surface area is 191 Å². The van der Waals surface area contributed by atoms with Gasteiger partial charge in [0, 0.05) is 17.0 Å². The van der Waals surface area contributed by atoms with Gasteiger partial charge in [0.1, 0.15) is 11.5 Å². The van der Waals surface area contributed by atoms with Crippen molar-refractivity contribution in [1.82, 2.24) is 4.90 Å². The maximum atomic E-state index is 13.5. The number of nitrogens with zero attached hydrogens (tertiary/aromatic N) is 1. The lowest BCUT2D eigenvalue weighted by Gasteiger charge is -2.15. The molecule has 0 saturated carbocycles. The van der Waals surface area contributed by atoms with Crippen LogP contribution in [-0.4, -0.2) is 37.5 Å². The van der Waals surface area contributed by atoms with Gasteiger partial charge in [0.15, 0.2) is 0 Å². The molecule has 0 unspecified atom stereocenters. The van der Waals surface area contributed by atoms with E-state index in [-0.39, 0.29) is 11.8 Å². The van der Waals surface area contributed by atoms with Crippen molar-refractivity contribution in [3.8, 4) is 11.5 Å². The van der Waals surface area contributed by atoms with Gasteiger partial charge in [0.05, 0.1) is 24.7 Å². The van der Waals surface area contributed by atoms with Crippen LogP contribution in [0, 0.1) is 0 Å². The van der Waals surface area contributed by atoms with Crippen molar-refractivity contribution in [2.75, 3.05) is 20.8 Å². The molecule has 0 atom stereocenters. The van der Waals surface area contributed by atoms with E-state index in [2.05, 4.69) is 0 Å². The normalized spacial score (nSPS) is 13.6. The topological polar surface area (TPSA) is 55.8 Å². The fourth-order valence-electron chi connectivity index (χ4n) is 3.58. The van der Waals surface area contributed by atoms with Gasteiger partial charge in [-0.3, -0.25) is 14.5 Å². The van der Waals surface area contributed by atoms with Gasteiger partial charge in [-0.1, -0.05) is 60.3 Å². The summed E-state index contributed by atoms with van der Waals surface area (Å²) in [6, 6.07) is 24.5. The van der Waals surface area contributed by atoms with Gasteiger partial charge in [-0.25, -0.2) is 0 Å². The highest BCUT2D eigenvalue weighted by atomic mass is 32.2. The summed E-state index contributed by atoms with van der Waals surface area (Å²) in [5.41, 5.74) is 2.03. The second-order valence-corrected chi connectivity index (χ2v) is 8.26. The summed E-state index contributed by atoms with van der Waals surface area (Å²) in [4.78, 5) is 29.5. The van der Waals surface area contributed by atoms with Crippen LogP contribution in [0.3, 0.4) is 0 Å². The van der Waals surface area contributed by atoms with Crippen molar-refractivity contribution in [3.05, 3.63) is 94.9 Å². The summed E-state index contributed by atoms with van der Waals surface area (Å²) in [7, 11) is 3.18. The van der Waals surface area contributed by atoms with E-state index in [0.717, 1.165) is 16.2 Å². The number of para-hydroxylation sites is 1. The maximum absolute atomic E-state index is 13.5. The highest BCUT2D eigenvalue weighted by molar-refractivity contribution is 8.04. The quantitative estimate of drug-likeness (QED) is 0.466. The predicted molar refractivity (Wildman–Crippen MR) is 126 cm³/mol. The summed E-state index contributed by atoms with van der Waals surface area (Å²) < 4.78 is 10.7. The fourth-order valence-corrected chi connectivity index (χ4v) is 4.61. The number of hydrogen-bond donors (Lipinski definition) is 0. The predicted octanol–water partition coefficient (Wildman–Crippen LogP) is 4.82. The lowest BCUT2D eigenvalue weighted by atomic mass is 10.0. The average Bonchev–Trinajstić information content (AvgIpc) is 3.07. The van der Waals surface area contributed by atoms with E-state index in [9.17, 15) is 9.59 Å². The molecule has 0 N–H and O–H groups in total. The average molecular weight is 446 g/mol. The molecule has 5 nitrogen and oxygen atoms in total. The molecule has 0 spiro atoms. The SMILES string of the molecule is COc1ccc(CCN2C(=O)C(Sc3ccccc3)=C(c3ccccc3OC)C2=O)cc1. The van der Waals surface area contributed by atoms with Crippen molar-refractivity contribution >= 4 is 29.1 Å². The lowest BCUT2D eigenvalue weighted by Crippen LogP contribution is -2.33. The van der Waals surface area contributed by atoms with Crippen molar-refractivity contribution in [3.63, 3.8) is 0 Å². The number of rotatable bonds is 8. The van der Waals surface area contributed by atoms with Crippen LogP contribution in [0.2, 0.25) is 0 Å². The van der Waals surface area contributed by atoms with Crippen LogP contribution in [0.1, 0.15) is 11.1 Å². The lowest BCUT2D eigenvalue weighted by molar-refractivity contribution is -0.136. The molecule has 0 fully saturated rings. The molecular formula is C26H23NO4S. The minimum atomic E-state index is -0.300. The molecule has 1 aliphatic rings. The highest BCUT2D eigenvalue weighted by Gasteiger charge is 2.40. The number of amides is 2. The number of benzene rings is 3. The Morgan fingerprint density at radius 1 is 0.781 bits per heavy atom. The first-order chi connectivity index (χ1) is 15.6. The summed E-state index contributed by atoms with van der Waals surface area (Å²) in [5.74, 6) is 0.750. The molecule has 1 aliphatic heterocycles. The van der Waals surface area contributed by atoms with E-state index in [1.54, 1.807) is 20.3 Å². The van der Waals surface area contributed by atoms with Gasteiger partial charge in [-0.05, 0) is 42.3 Å². The first kappa shape index (κ1) is 21.7. The number of ether oxygens (including phenoxy) is 2. The summed E-state index contributed by atoms with van der Waals surface area (Å²) in [6.07, 6.45) is 0.559. The Kier molecular flexibility index (Phi) is 6.61. The Hall–Kier alpha value is -3.51. The number of thioether (sulfide) groups is 1. The molecule has 32 heavy (non-hydrogen) atoms. The van der Waals surface area contributed by atoms with Gasteiger partial charge in [-0.2, -0.15) is 0 Å². The smallest absolute Gasteiger partial charge is 0.268 e. The van der Waals surface area contributed by atoms with E-state index < -0.39 is 0 Å². The number of methoxy groups -OCH3 is 2. The van der Waals surface area contributed by atoms with Crippen LogP contribution in [0.25, 0.3) is 5.57 Å². The molecule has 0 aliphatic carbocycles. The van der Waals surface area contributed by atoms with Crippen LogP contribution in [0.5, 0.6) is 11.5 Å². The fraction of sp³-hybridized carbons (Fsp3) is 0.154. The van der Waals surface area contributed by atoms with E-state index >= 15 is 0 Å². The van der Waals surface area contributed by atoms with Gasteiger partial charge >= 0.3 is 0 Å². The van der Waals surface area contributed by atoms with Crippen LogP contribution in [0.4, 0.5) is 0 Å². The van der Waals surface area contributed by atoms with Crippen LogP contribution in [0.15, 0.2) is 88.7 Å². The second kappa shape index (κ2) is 9.75. The molecule has 0 bridgehead atoms. The third-order valence-electron chi connectivity index (χ3n) is 5.25. The first-order valence-electron chi connectivity index (χ1n) is 10.2. The number of imide groups is 1. The van der Waals surface area contributed by atoms with E-state index in [1.165, 1.54) is 16.7 Å². The molecule has 0 aromatic heterocycles. The molecule has 2 amide bonds. The second-order valence-electron chi connectivity index (χ2n) is 7.18. The number of carbonyl (C=O) groups excluding carboxylic acids is 2. The molecule has 4 rings (SSSR count). The summed E-state index contributed by atoms with van der Waals surface area (Å²) in [6.45, 7) is 0.293. The van der Waals surface area contributed by atoms with Crippen LogP contribution >= 0.6 is 11.8 Å². The minimum absolute atomic E-state index is 0.279. The Morgan fingerprint density at radius 3 is 2.16 bits per heavy atom. The van der Waals surface area contributed by atoms with Crippen LogP contribution in [-0.2, 0) is 16.0 Å². The highest BCUT2D eigenvalue weighted by Crippen LogP contribution is 2.42. The third-order valence-corrected chi connectivity index (χ3v) is 6.34. The molecule has 0 radical (unpaired) electrons. The Bertz CT molecular complexity index is 1160. The van der Waals surface area contributed by atoms with Gasteiger partial charge < -0.3 is 9.47 Å². The zero-order valence-corrected chi connectivity index (χ0v) is 18.7. The van der Waals surface area contributed by atoms with Crippen LogP contribution < -0.4 is 9.47 Å². The molecular weight excluding hydrogens is 422 g/mol. The Morgan fingerprint density at radius 2 is 1.47 bits per heavy atom. The van der Waals surface area contributed by atoms with Gasteiger partial charge in [0.25, 0.3) is 11.8 Å². The first-order valence-corrected chi connectivity index (χ1v) is 11.0. The third kappa shape index (κ3) is 4.41. The van der Waals surface area contributed by atoms with E-state index in [1.807, 2.05) is 72.8 Å². The molecule has 162 valence electrons. The van der Waals surface area contributed by atoms with Crippen molar-refractivity contribution < 1.29 is 19.1 Å². The number of hydrogen-bond acceptors (Lipinski definition) is 5. The van der Waals surface area contributed by atoms with E-state index in [4.69, 9.17) is 9.47 Å². The molecule has 0 saturated heterocycles. The molecule has 3 aromatic carbocycles. The van der Waals surface area contributed by atoms with Crippen molar-refractivity contribution in [2.45, 2.75) is 11.3 Å². The largest absolute Gasteiger partial charge is 0.497 e. The van der Waals surface area contributed by atoms with Crippen molar-refractivity contribution in [1.29, 1.82) is 0 Å². The summed E-state index contributed by atoms with van der Waals surface area (Å²) >= 11 is 1.31. The molecule has 3 aromatic rings. The zero-order valence-electron chi connectivity index (χ0n) is 17.9. The maximum Gasteiger partial charge on any atom is 0.268 e. The van der Waals surface area contributed by atoms with Gasteiger partial charge in [-0.15, -0.1) is 0 Å². The van der Waals surface area contributed by atoms with E-state index in [0.29, 0.717) is 34.8 Å². The monoisotopic (exact) mass is 445 g/mol. The summed E-state index contributed by atoms with van der Waals surface area (Å²) in [5, 5.41) is 0. The standard InChI is InChI=1S/C26H23NO4S/c1-30-19-14-12-18(13-15-19)16-17-27-25(28)23(21-10-6-7-11-22(21)31-2)24(26(27)29)32-20-8-4-3-5-9-20/h3-15H,16-17H2,1-2H3. The van der Waals surface area contributed by atoms with Crippen molar-refractivity contribution in [2.24, 2.45) is 0 Å². The number of carbonyl (C=O) groups is 2. The van der Waals surface area contributed by atoms with Gasteiger partial charge in [0.2, 0.25) is 0 Å². The minimum Gasteiger partial charge on any atom is -0.497 e.